The molecular formula is C24H34FN5O3. The molecule has 1 aromatic carbocycles. The molecule has 0 radical (unpaired) electrons. The van der Waals surface area contributed by atoms with Crippen LogP contribution in [-0.4, -0.2) is 63.4 Å². The van der Waals surface area contributed by atoms with Gasteiger partial charge >= 0.3 is 0 Å². The van der Waals surface area contributed by atoms with E-state index in [1.807, 2.05) is 20.8 Å². The molecule has 3 rings (SSSR count). The Balaban J connectivity index is 1.75. The number of rotatable bonds is 6. The average molecular weight is 460 g/mol. The number of likely N-dealkylation sites (N-methyl/N-ethyl adjacent to an activating group) is 1. The molecule has 0 saturated carbocycles. The average Bonchev–Trinajstić information content (AvgIpc) is 3.32. The predicted octanol–water partition coefficient (Wildman–Crippen LogP) is 2.00. The van der Waals surface area contributed by atoms with Crippen molar-refractivity contribution in [1.29, 1.82) is 0 Å². The monoisotopic (exact) mass is 459 g/mol. The van der Waals surface area contributed by atoms with Crippen molar-refractivity contribution in [2.75, 3.05) is 13.6 Å². The summed E-state index contributed by atoms with van der Waals surface area (Å²) in [5.41, 5.74) is 1.32. The number of aliphatic hydroxyl groups excluding tert-OH is 1. The lowest BCUT2D eigenvalue weighted by Crippen LogP contribution is -2.56. The highest BCUT2D eigenvalue weighted by Crippen LogP contribution is 2.28. The molecule has 0 spiro atoms. The van der Waals surface area contributed by atoms with Crippen molar-refractivity contribution in [2.45, 2.75) is 58.3 Å². The van der Waals surface area contributed by atoms with Crippen molar-refractivity contribution < 1.29 is 19.1 Å². The number of carbonyl (C=O) groups excluding carboxylic acids is 2. The third-order valence-electron chi connectivity index (χ3n) is 6.22. The highest BCUT2D eigenvalue weighted by molar-refractivity contribution is 5.91. The van der Waals surface area contributed by atoms with E-state index in [0.29, 0.717) is 16.8 Å². The van der Waals surface area contributed by atoms with E-state index in [2.05, 4.69) is 15.7 Å². The molecule has 1 aliphatic rings. The first-order chi connectivity index (χ1) is 15.4. The van der Waals surface area contributed by atoms with Gasteiger partial charge < -0.3 is 20.6 Å². The largest absolute Gasteiger partial charge is 0.391 e. The topological polar surface area (TPSA) is 99.5 Å². The summed E-state index contributed by atoms with van der Waals surface area (Å²) in [5.74, 6) is -0.999. The van der Waals surface area contributed by atoms with Gasteiger partial charge in [-0.1, -0.05) is 26.8 Å². The Morgan fingerprint density at radius 3 is 2.52 bits per heavy atom. The van der Waals surface area contributed by atoms with Crippen LogP contribution in [0.15, 0.2) is 30.5 Å². The van der Waals surface area contributed by atoms with Crippen LogP contribution in [-0.2, 0) is 16.6 Å². The van der Waals surface area contributed by atoms with Crippen molar-refractivity contribution in [3.8, 4) is 11.3 Å². The van der Waals surface area contributed by atoms with Gasteiger partial charge in [-0.2, -0.15) is 5.10 Å². The number of amides is 2. The Morgan fingerprint density at radius 1 is 1.27 bits per heavy atom. The number of likely N-dealkylation sites (tertiary alicyclic amines) is 1. The number of aryl methyl sites for hydroxylation is 1. The third kappa shape index (κ3) is 5.25. The summed E-state index contributed by atoms with van der Waals surface area (Å²) in [6.07, 6.45) is 0.999. The van der Waals surface area contributed by atoms with E-state index in [1.165, 1.54) is 11.0 Å². The molecule has 0 aliphatic carbocycles. The van der Waals surface area contributed by atoms with Gasteiger partial charge in [-0.25, -0.2) is 4.39 Å². The zero-order valence-electron chi connectivity index (χ0n) is 20.1. The third-order valence-corrected chi connectivity index (χ3v) is 6.22. The fraction of sp³-hybridized carbons (Fsp3) is 0.542. The van der Waals surface area contributed by atoms with Crippen LogP contribution in [0.2, 0.25) is 0 Å². The summed E-state index contributed by atoms with van der Waals surface area (Å²) in [7, 11) is 3.45. The van der Waals surface area contributed by atoms with E-state index >= 15 is 0 Å². The molecule has 1 saturated heterocycles. The summed E-state index contributed by atoms with van der Waals surface area (Å²) in [6, 6.07) is 4.80. The lowest BCUT2D eigenvalue weighted by Gasteiger charge is -2.34. The van der Waals surface area contributed by atoms with Gasteiger partial charge in [-0.05, 0) is 43.1 Å². The molecule has 0 bridgehead atoms. The van der Waals surface area contributed by atoms with Crippen LogP contribution in [0.1, 0.15) is 45.7 Å². The van der Waals surface area contributed by atoms with E-state index in [-0.39, 0.29) is 30.2 Å². The molecule has 2 amide bonds. The molecule has 2 heterocycles. The molecule has 180 valence electrons. The zero-order chi connectivity index (χ0) is 24.5. The van der Waals surface area contributed by atoms with Gasteiger partial charge in [-0.3, -0.25) is 14.3 Å². The van der Waals surface area contributed by atoms with Crippen LogP contribution in [0, 0.1) is 11.2 Å². The lowest BCUT2D eigenvalue weighted by molar-refractivity contribution is -0.142. The van der Waals surface area contributed by atoms with Gasteiger partial charge in [0, 0.05) is 31.8 Å². The van der Waals surface area contributed by atoms with Crippen molar-refractivity contribution in [2.24, 2.45) is 12.5 Å². The standard InChI is InChI=1S/C24H34FN5O3/c1-14(15-7-8-17(18(25)11-15)19-9-10-27-29(19)6)28-22(32)20-12-16(31)13-30(20)23(33)21(26-5)24(2,3)4/h7-11,14,16,20-21,26,31H,12-13H2,1-6H3,(H,28,32)/t14?,16-,20+,21?/m1/s1. The van der Waals surface area contributed by atoms with Gasteiger partial charge in [0.2, 0.25) is 11.8 Å². The van der Waals surface area contributed by atoms with Crippen molar-refractivity contribution in [3.63, 3.8) is 0 Å². The molecule has 1 aliphatic heterocycles. The zero-order valence-corrected chi connectivity index (χ0v) is 20.1. The Labute approximate surface area is 194 Å². The number of halogens is 1. The first-order valence-electron chi connectivity index (χ1n) is 11.2. The number of nitrogens with one attached hydrogen (secondary N) is 2. The van der Waals surface area contributed by atoms with Crippen LogP contribution in [0.4, 0.5) is 4.39 Å². The number of aliphatic hydroxyl groups is 1. The molecule has 8 nitrogen and oxygen atoms in total. The fourth-order valence-electron chi connectivity index (χ4n) is 4.44. The molecular weight excluding hydrogens is 425 g/mol. The summed E-state index contributed by atoms with van der Waals surface area (Å²) < 4.78 is 16.4. The first-order valence-corrected chi connectivity index (χ1v) is 11.2. The van der Waals surface area contributed by atoms with Crippen LogP contribution in [0.3, 0.4) is 0 Å². The van der Waals surface area contributed by atoms with Gasteiger partial charge in [0.05, 0.1) is 23.9 Å². The summed E-state index contributed by atoms with van der Waals surface area (Å²) in [6.45, 7) is 7.70. The Bertz CT molecular complexity index is 1020. The maximum Gasteiger partial charge on any atom is 0.243 e. The minimum absolute atomic E-state index is 0.105. The quantitative estimate of drug-likeness (QED) is 0.614. The molecule has 2 unspecified atom stereocenters. The molecule has 3 N–H and O–H groups in total. The Morgan fingerprint density at radius 2 is 1.97 bits per heavy atom. The van der Waals surface area contributed by atoms with E-state index in [0.717, 1.165) is 0 Å². The van der Waals surface area contributed by atoms with Gasteiger partial charge in [0.15, 0.2) is 0 Å². The van der Waals surface area contributed by atoms with Gasteiger partial charge in [-0.15, -0.1) is 0 Å². The maximum atomic E-state index is 14.8. The second kappa shape index (κ2) is 9.61. The Kier molecular flexibility index (Phi) is 7.23. The number of β-amino-alcohol motifs (C(OH)–C–C–N with tert-alkyl or cyclic N) is 1. The number of carbonyl (C=O) groups is 2. The summed E-state index contributed by atoms with van der Waals surface area (Å²) in [5, 5.41) is 20.2. The second-order valence-electron chi connectivity index (χ2n) is 9.79. The second-order valence-corrected chi connectivity index (χ2v) is 9.79. The minimum atomic E-state index is -0.785. The SMILES string of the molecule is CNC(C(=O)N1C[C@H](O)C[C@H]1C(=O)NC(C)c1ccc(-c2ccnn2C)c(F)c1)C(C)(C)C. The number of nitrogens with zero attached hydrogens (tertiary/aromatic N) is 3. The number of hydrogen-bond donors (Lipinski definition) is 3. The van der Waals surface area contributed by atoms with Crippen molar-refractivity contribution in [1.82, 2.24) is 25.3 Å². The highest BCUT2D eigenvalue weighted by Gasteiger charge is 2.43. The fourth-order valence-corrected chi connectivity index (χ4v) is 4.44. The minimum Gasteiger partial charge on any atom is -0.391 e. The smallest absolute Gasteiger partial charge is 0.243 e. The van der Waals surface area contributed by atoms with E-state index < -0.39 is 30.0 Å². The highest BCUT2D eigenvalue weighted by atomic mass is 19.1. The van der Waals surface area contributed by atoms with Crippen LogP contribution < -0.4 is 10.6 Å². The van der Waals surface area contributed by atoms with E-state index in [4.69, 9.17) is 0 Å². The van der Waals surface area contributed by atoms with Crippen LogP contribution in [0.25, 0.3) is 11.3 Å². The summed E-state index contributed by atoms with van der Waals surface area (Å²) in [4.78, 5) is 27.7. The molecule has 4 atom stereocenters. The molecule has 1 fully saturated rings. The number of hydrogen-bond acceptors (Lipinski definition) is 5. The van der Waals surface area contributed by atoms with Gasteiger partial charge in [0.25, 0.3) is 0 Å². The molecule has 1 aromatic heterocycles. The van der Waals surface area contributed by atoms with E-state index in [1.54, 1.807) is 50.1 Å². The molecule has 33 heavy (non-hydrogen) atoms. The molecule has 9 heteroatoms. The Hall–Kier alpha value is -2.78. The van der Waals surface area contributed by atoms with Gasteiger partial charge in [0.1, 0.15) is 11.9 Å². The number of aromatic nitrogens is 2. The van der Waals surface area contributed by atoms with Crippen molar-refractivity contribution in [3.05, 3.63) is 41.8 Å². The van der Waals surface area contributed by atoms with E-state index in [9.17, 15) is 19.1 Å². The van der Waals surface area contributed by atoms with Crippen molar-refractivity contribution >= 4 is 11.8 Å². The maximum absolute atomic E-state index is 14.8. The van der Waals surface area contributed by atoms with Crippen LogP contribution in [0.5, 0.6) is 0 Å². The number of benzene rings is 1. The van der Waals surface area contributed by atoms with Crippen LogP contribution >= 0.6 is 0 Å². The summed E-state index contributed by atoms with van der Waals surface area (Å²) >= 11 is 0. The normalized spacial score (nSPS) is 20.5. The molecule has 2 aromatic rings. The first kappa shape index (κ1) is 24.9. The lowest BCUT2D eigenvalue weighted by atomic mass is 9.86. The predicted molar refractivity (Wildman–Crippen MR) is 124 cm³/mol.